The normalized spacial score (nSPS) is 10.6. The van der Waals surface area contributed by atoms with Gasteiger partial charge in [-0.05, 0) is 49.3 Å². The highest BCUT2D eigenvalue weighted by Gasteiger charge is 2.02. The van der Waals surface area contributed by atoms with Gasteiger partial charge in [-0.15, -0.1) is 0 Å². The Morgan fingerprint density at radius 2 is 1.64 bits per heavy atom. The number of anilines is 2. The van der Waals surface area contributed by atoms with Crippen molar-refractivity contribution in [3.8, 4) is 5.75 Å². The molecule has 0 aliphatic rings. The highest BCUT2D eigenvalue weighted by molar-refractivity contribution is 7.98. The first kappa shape index (κ1) is 16.4. The fourth-order valence-corrected chi connectivity index (χ4v) is 2.83. The smallest absolute Gasteiger partial charge is 0.225 e. The van der Waals surface area contributed by atoms with Crippen molar-refractivity contribution in [1.82, 2.24) is 15.0 Å². The Kier molecular flexibility index (Phi) is 5.83. The van der Waals surface area contributed by atoms with Crippen molar-refractivity contribution in [3.05, 3.63) is 35.2 Å². The Balaban J connectivity index is 1.67. The lowest BCUT2D eigenvalue weighted by atomic mass is 10.1. The van der Waals surface area contributed by atoms with Gasteiger partial charge in [0.15, 0.2) is 0 Å². The van der Waals surface area contributed by atoms with Crippen LogP contribution in [0.25, 0.3) is 0 Å². The van der Waals surface area contributed by atoms with Crippen LogP contribution in [0.1, 0.15) is 23.4 Å². The minimum absolute atomic E-state index is 0.168. The van der Waals surface area contributed by atoms with Crippen molar-refractivity contribution in [1.29, 1.82) is 0 Å². The second kappa shape index (κ2) is 7.84. The average molecular weight is 319 g/mol. The number of rotatable bonds is 7. The van der Waals surface area contributed by atoms with Crippen LogP contribution in [0.5, 0.6) is 5.75 Å². The van der Waals surface area contributed by atoms with E-state index in [1.54, 1.807) is 11.8 Å². The van der Waals surface area contributed by atoms with E-state index in [4.69, 9.17) is 16.2 Å². The molecule has 0 unspecified atom stereocenters. The molecule has 0 saturated carbocycles. The maximum absolute atomic E-state index is 5.76. The summed E-state index contributed by atoms with van der Waals surface area (Å²) in [5.74, 6) is 3.50. The van der Waals surface area contributed by atoms with E-state index >= 15 is 0 Å². The predicted octanol–water partition coefficient (Wildman–Crippen LogP) is 2.36. The third-order valence-corrected chi connectivity index (χ3v) is 3.88. The summed E-state index contributed by atoms with van der Waals surface area (Å²) in [6.45, 7) is 4.83. The topological polar surface area (TPSA) is 99.9 Å². The van der Waals surface area contributed by atoms with Crippen LogP contribution in [0.3, 0.4) is 0 Å². The van der Waals surface area contributed by atoms with Gasteiger partial charge < -0.3 is 16.2 Å². The fraction of sp³-hybridized carbons (Fsp3) is 0.400. The Labute approximate surface area is 134 Å². The molecule has 7 heteroatoms. The van der Waals surface area contributed by atoms with Gasteiger partial charge in [0.2, 0.25) is 11.9 Å². The van der Waals surface area contributed by atoms with E-state index in [0.29, 0.717) is 18.2 Å². The molecule has 0 fully saturated rings. The number of aryl methyl sites for hydroxylation is 2. The maximum atomic E-state index is 5.76. The molecule has 2 rings (SSSR count). The highest BCUT2D eigenvalue weighted by Crippen LogP contribution is 2.17. The van der Waals surface area contributed by atoms with E-state index < -0.39 is 0 Å². The van der Waals surface area contributed by atoms with Gasteiger partial charge in [0, 0.05) is 0 Å². The molecular weight excluding hydrogens is 298 g/mol. The monoisotopic (exact) mass is 319 g/mol. The predicted molar refractivity (Wildman–Crippen MR) is 90.8 cm³/mol. The zero-order chi connectivity index (χ0) is 15.9. The second-order valence-electron chi connectivity index (χ2n) is 5.05. The van der Waals surface area contributed by atoms with Gasteiger partial charge in [-0.25, -0.2) is 0 Å². The molecule has 2 aromatic rings. The average Bonchev–Trinajstić information content (AvgIpc) is 2.40. The van der Waals surface area contributed by atoms with Crippen LogP contribution in [0.15, 0.2) is 18.2 Å². The first-order valence-corrected chi connectivity index (χ1v) is 8.23. The summed E-state index contributed by atoms with van der Waals surface area (Å²) >= 11 is 1.72. The lowest BCUT2D eigenvalue weighted by Crippen LogP contribution is -2.06. The van der Waals surface area contributed by atoms with Gasteiger partial charge in [-0.1, -0.05) is 6.07 Å². The number of aromatic nitrogens is 3. The van der Waals surface area contributed by atoms with Gasteiger partial charge in [-0.2, -0.15) is 26.7 Å². The van der Waals surface area contributed by atoms with Crippen LogP contribution in [0.2, 0.25) is 0 Å². The molecule has 0 radical (unpaired) electrons. The van der Waals surface area contributed by atoms with E-state index in [-0.39, 0.29) is 11.9 Å². The van der Waals surface area contributed by atoms with Gasteiger partial charge in [0.05, 0.1) is 12.4 Å². The third kappa shape index (κ3) is 5.40. The Bertz CT molecular complexity index is 539. The number of nitrogens with two attached hydrogens (primary N) is 2. The van der Waals surface area contributed by atoms with Crippen molar-refractivity contribution >= 4 is 23.7 Å². The van der Waals surface area contributed by atoms with E-state index in [0.717, 1.165) is 17.9 Å². The Hall–Kier alpha value is -2.02. The number of nitrogens with zero attached hydrogens (tertiary/aromatic N) is 3. The summed E-state index contributed by atoms with van der Waals surface area (Å²) in [7, 11) is 0. The SMILES string of the molecule is Cc1cc(C)cc(OCCCSCc2nc(N)nc(N)n2)c1. The molecule has 0 aliphatic heterocycles. The molecule has 0 spiro atoms. The summed E-state index contributed by atoms with van der Waals surface area (Å²) in [5, 5.41) is 0. The first-order chi connectivity index (χ1) is 10.5. The molecule has 4 N–H and O–H groups in total. The summed E-state index contributed by atoms with van der Waals surface area (Å²) < 4.78 is 5.76. The number of ether oxygens (including phenoxy) is 1. The molecule has 0 atom stereocenters. The van der Waals surface area contributed by atoms with Crippen LogP contribution in [0, 0.1) is 13.8 Å². The molecule has 1 aromatic carbocycles. The van der Waals surface area contributed by atoms with E-state index in [2.05, 4.69) is 47.0 Å². The molecular formula is C15H21N5OS. The Morgan fingerprint density at radius 3 is 2.27 bits per heavy atom. The molecule has 6 nitrogen and oxygen atoms in total. The van der Waals surface area contributed by atoms with Gasteiger partial charge >= 0.3 is 0 Å². The standard InChI is InChI=1S/C15H21N5OS/c1-10-6-11(2)8-12(7-10)21-4-3-5-22-9-13-18-14(16)20-15(17)19-13/h6-8H,3-5,9H2,1-2H3,(H4,16,17,18,19,20). The zero-order valence-electron chi connectivity index (χ0n) is 12.9. The van der Waals surface area contributed by atoms with E-state index in [1.807, 2.05) is 0 Å². The fourth-order valence-electron chi connectivity index (χ4n) is 2.05. The van der Waals surface area contributed by atoms with Gasteiger partial charge in [0.25, 0.3) is 0 Å². The highest BCUT2D eigenvalue weighted by atomic mass is 32.2. The molecule has 22 heavy (non-hydrogen) atoms. The molecule has 0 aliphatic carbocycles. The van der Waals surface area contributed by atoms with Crippen molar-refractivity contribution in [2.75, 3.05) is 23.8 Å². The molecule has 0 amide bonds. The number of hydrogen-bond acceptors (Lipinski definition) is 7. The lowest BCUT2D eigenvalue weighted by Gasteiger charge is -2.08. The van der Waals surface area contributed by atoms with Crippen molar-refractivity contribution in [3.63, 3.8) is 0 Å². The molecule has 0 saturated heterocycles. The minimum Gasteiger partial charge on any atom is -0.494 e. The maximum Gasteiger partial charge on any atom is 0.225 e. The Morgan fingerprint density at radius 1 is 1.00 bits per heavy atom. The molecule has 118 valence electrons. The quantitative estimate of drug-likeness (QED) is 0.755. The second-order valence-corrected chi connectivity index (χ2v) is 6.15. The van der Waals surface area contributed by atoms with Crippen molar-refractivity contribution < 1.29 is 4.74 Å². The lowest BCUT2D eigenvalue weighted by molar-refractivity contribution is 0.318. The number of benzene rings is 1. The van der Waals surface area contributed by atoms with Crippen LogP contribution in [-0.4, -0.2) is 27.3 Å². The van der Waals surface area contributed by atoms with Gasteiger partial charge in [0.1, 0.15) is 11.6 Å². The van der Waals surface area contributed by atoms with E-state index in [9.17, 15) is 0 Å². The summed E-state index contributed by atoms with van der Waals surface area (Å²) in [6.07, 6.45) is 0.952. The van der Waals surface area contributed by atoms with Crippen LogP contribution in [0.4, 0.5) is 11.9 Å². The van der Waals surface area contributed by atoms with Crippen LogP contribution < -0.4 is 16.2 Å². The molecule has 1 aromatic heterocycles. The summed E-state index contributed by atoms with van der Waals surface area (Å²) in [4.78, 5) is 11.8. The zero-order valence-corrected chi connectivity index (χ0v) is 13.7. The number of nitrogen functional groups attached to an aromatic ring is 2. The first-order valence-electron chi connectivity index (χ1n) is 7.07. The van der Waals surface area contributed by atoms with Gasteiger partial charge in [-0.3, -0.25) is 0 Å². The van der Waals surface area contributed by atoms with Crippen LogP contribution >= 0.6 is 11.8 Å². The molecule has 1 heterocycles. The number of thioether (sulfide) groups is 1. The molecule has 0 bridgehead atoms. The van der Waals surface area contributed by atoms with Crippen LogP contribution in [-0.2, 0) is 5.75 Å². The van der Waals surface area contributed by atoms with E-state index in [1.165, 1.54) is 11.1 Å². The van der Waals surface area contributed by atoms with Crippen molar-refractivity contribution in [2.45, 2.75) is 26.0 Å². The largest absolute Gasteiger partial charge is 0.494 e. The summed E-state index contributed by atoms with van der Waals surface area (Å²) in [5.41, 5.74) is 13.5. The summed E-state index contributed by atoms with van der Waals surface area (Å²) in [6, 6.07) is 6.24. The third-order valence-electron chi connectivity index (χ3n) is 2.84. The van der Waals surface area contributed by atoms with Crippen molar-refractivity contribution in [2.24, 2.45) is 0 Å². The number of hydrogen-bond donors (Lipinski definition) is 2. The minimum atomic E-state index is 0.168.